The molecule has 0 spiro atoms. The van der Waals surface area contributed by atoms with E-state index in [-0.39, 0.29) is 0 Å². The first kappa shape index (κ1) is 13.6. The lowest BCUT2D eigenvalue weighted by molar-refractivity contribution is 0.768. The van der Waals surface area contributed by atoms with E-state index >= 15 is 0 Å². The van der Waals surface area contributed by atoms with Crippen LogP contribution in [0.3, 0.4) is 0 Å². The van der Waals surface area contributed by atoms with Crippen molar-refractivity contribution in [2.24, 2.45) is 7.05 Å². The lowest BCUT2D eigenvalue weighted by atomic mass is 10.0. The maximum Gasteiger partial charge on any atom is 0.182 e. The zero-order chi connectivity index (χ0) is 16.0. The van der Waals surface area contributed by atoms with Crippen LogP contribution in [0.25, 0.3) is 33.5 Å². The van der Waals surface area contributed by atoms with Gasteiger partial charge < -0.3 is 0 Å². The van der Waals surface area contributed by atoms with Gasteiger partial charge in [-0.15, -0.1) is 0 Å². The smallest absolute Gasteiger partial charge is 0.182 e. The molecule has 4 aromatic rings. The summed E-state index contributed by atoms with van der Waals surface area (Å²) in [6.07, 6.45) is 7.26. The molecule has 0 aromatic carbocycles. The van der Waals surface area contributed by atoms with E-state index in [9.17, 15) is 0 Å². The molecule has 4 rings (SSSR count). The predicted octanol–water partition coefficient (Wildman–Crippen LogP) is 2.43. The van der Waals surface area contributed by atoms with Gasteiger partial charge in [0.05, 0.1) is 34.9 Å². The largest absolute Gasteiger partial charge is 0.280 e. The van der Waals surface area contributed by atoms with Crippen molar-refractivity contribution >= 4 is 11.0 Å². The summed E-state index contributed by atoms with van der Waals surface area (Å²) in [5.41, 5.74) is 6.04. The quantitative estimate of drug-likeness (QED) is 0.615. The number of H-pyrrole nitrogens is 1. The highest BCUT2D eigenvalue weighted by Gasteiger charge is 2.15. The Balaban J connectivity index is 2.00. The number of hydrogen-bond acceptors (Lipinski definition) is 5. The molecule has 1 N–H and O–H groups in total. The average Bonchev–Trinajstić information content (AvgIpc) is 3.14. The van der Waals surface area contributed by atoms with Crippen LogP contribution >= 0.6 is 0 Å². The molecule has 0 atom stereocenters. The van der Waals surface area contributed by atoms with Crippen LogP contribution in [0, 0.1) is 13.8 Å². The minimum Gasteiger partial charge on any atom is -0.280 e. The van der Waals surface area contributed by atoms with Crippen molar-refractivity contribution in [3.63, 3.8) is 0 Å². The van der Waals surface area contributed by atoms with Gasteiger partial charge in [-0.05, 0) is 19.9 Å². The fourth-order valence-electron chi connectivity index (χ4n) is 2.61. The molecule has 0 unspecified atom stereocenters. The van der Waals surface area contributed by atoms with Crippen molar-refractivity contribution in [3.8, 4) is 22.5 Å². The molecule has 0 bridgehead atoms. The molecule has 4 aromatic heterocycles. The van der Waals surface area contributed by atoms with Crippen LogP contribution in [0.15, 0.2) is 30.9 Å². The Morgan fingerprint density at radius 3 is 2.61 bits per heavy atom. The number of pyridine rings is 1. The number of aryl methyl sites for hydroxylation is 3. The van der Waals surface area contributed by atoms with Crippen LogP contribution in [0.5, 0.6) is 0 Å². The van der Waals surface area contributed by atoms with Crippen molar-refractivity contribution in [2.45, 2.75) is 13.8 Å². The fraction of sp³-hybridized carbons (Fsp3) is 0.188. The van der Waals surface area contributed by atoms with Crippen molar-refractivity contribution in [1.29, 1.82) is 0 Å². The lowest BCUT2D eigenvalue weighted by Crippen LogP contribution is -1.92. The second-order valence-corrected chi connectivity index (χ2v) is 5.55. The molecule has 0 radical (unpaired) electrons. The first-order valence-electron chi connectivity index (χ1n) is 7.25. The third-order valence-corrected chi connectivity index (χ3v) is 3.76. The van der Waals surface area contributed by atoms with E-state index in [0.717, 1.165) is 39.3 Å². The van der Waals surface area contributed by atoms with Gasteiger partial charge in [-0.3, -0.25) is 19.7 Å². The SMILES string of the molecule is Cc1cnc(-c2cc(-c3cnn(C)c3)nc3n[nH]c(C)c23)cn1. The molecule has 0 aliphatic rings. The Hall–Kier alpha value is -3.09. The topological polar surface area (TPSA) is 85.2 Å². The molecule has 4 heterocycles. The molecule has 23 heavy (non-hydrogen) atoms. The van der Waals surface area contributed by atoms with Crippen LogP contribution in [0.1, 0.15) is 11.4 Å². The molecular formula is C16H15N7. The number of aromatic nitrogens is 7. The molecule has 0 amide bonds. The molecule has 114 valence electrons. The van der Waals surface area contributed by atoms with E-state index < -0.39 is 0 Å². The molecule has 0 fully saturated rings. The van der Waals surface area contributed by atoms with Gasteiger partial charge in [0.2, 0.25) is 0 Å². The second-order valence-electron chi connectivity index (χ2n) is 5.55. The number of fused-ring (bicyclic) bond motifs is 1. The zero-order valence-corrected chi connectivity index (χ0v) is 13.1. The Morgan fingerprint density at radius 1 is 1.04 bits per heavy atom. The van der Waals surface area contributed by atoms with E-state index in [1.165, 1.54) is 0 Å². The summed E-state index contributed by atoms with van der Waals surface area (Å²) in [5.74, 6) is 0. The number of hydrogen-bond donors (Lipinski definition) is 1. The highest BCUT2D eigenvalue weighted by atomic mass is 15.2. The number of rotatable bonds is 2. The Morgan fingerprint density at radius 2 is 1.91 bits per heavy atom. The van der Waals surface area contributed by atoms with Crippen molar-refractivity contribution in [2.75, 3.05) is 0 Å². The van der Waals surface area contributed by atoms with Crippen molar-refractivity contribution < 1.29 is 0 Å². The van der Waals surface area contributed by atoms with Crippen molar-refractivity contribution in [1.82, 2.24) is 34.9 Å². The van der Waals surface area contributed by atoms with Gasteiger partial charge >= 0.3 is 0 Å². The average molecular weight is 305 g/mol. The highest BCUT2D eigenvalue weighted by Crippen LogP contribution is 2.31. The Kier molecular flexibility index (Phi) is 2.94. The van der Waals surface area contributed by atoms with E-state index in [2.05, 4.69) is 30.2 Å². The van der Waals surface area contributed by atoms with E-state index in [1.54, 1.807) is 23.3 Å². The molecule has 0 aliphatic carbocycles. The minimum absolute atomic E-state index is 0.668. The van der Waals surface area contributed by atoms with Gasteiger partial charge in [-0.2, -0.15) is 10.2 Å². The van der Waals surface area contributed by atoms with Crippen LogP contribution in [0.4, 0.5) is 0 Å². The fourth-order valence-corrected chi connectivity index (χ4v) is 2.61. The maximum atomic E-state index is 4.64. The van der Waals surface area contributed by atoms with Crippen LogP contribution in [-0.4, -0.2) is 34.9 Å². The number of aromatic amines is 1. The summed E-state index contributed by atoms with van der Waals surface area (Å²) in [5, 5.41) is 12.5. The standard InChI is InChI=1S/C16H15N7/c1-9-5-18-14(7-17-9)12-4-13(11-6-19-23(3)8-11)20-16-15(12)10(2)21-22-16/h4-8H,1-3H3,(H,20,21,22). The van der Waals surface area contributed by atoms with Crippen LogP contribution in [-0.2, 0) is 7.05 Å². The monoisotopic (exact) mass is 305 g/mol. The maximum absolute atomic E-state index is 4.64. The summed E-state index contributed by atoms with van der Waals surface area (Å²) in [6, 6.07) is 2.02. The lowest BCUT2D eigenvalue weighted by Gasteiger charge is -2.06. The molecule has 7 heteroatoms. The molecule has 0 aliphatic heterocycles. The van der Waals surface area contributed by atoms with E-state index in [1.807, 2.05) is 33.2 Å². The highest BCUT2D eigenvalue weighted by molar-refractivity contribution is 5.95. The summed E-state index contributed by atoms with van der Waals surface area (Å²) in [7, 11) is 1.88. The molecule has 0 saturated carbocycles. The minimum atomic E-state index is 0.668. The summed E-state index contributed by atoms with van der Waals surface area (Å²) in [4.78, 5) is 13.5. The second kappa shape index (κ2) is 4.98. The molecule has 7 nitrogen and oxygen atoms in total. The summed E-state index contributed by atoms with van der Waals surface area (Å²) in [6.45, 7) is 3.90. The van der Waals surface area contributed by atoms with E-state index in [4.69, 9.17) is 0 Å². The summed E-state index contributed by atoms with van der Waals surface area (Å²) >= 11 is 0. The molecule has 0 saturated heterocycles. The first-order chi connectivity index (χ1) is 11.1. The molecular weight excluding hydrogens is 290 g/mol. The van der Waals surface area contributed by atoms with Gasteiger partial charge in [0.15, 0.2) is 5.65 Å². The van der Waals surface area contributed by atoms with Crippen LogP contribution in [0.2, 0.25) is 0 Å². The van der Waals surface area contributed by atoms with Crippen molar-refractivity contribution in [3.05, 3.63) is 42.2 Å². The summed E-state index contributed by atoms with van der Waals surface area (Å²) < 4.78 is 1.75. The van der Waals surface area contributed by atoms with Gasteiger partial charge in [0, 0.05) is 36.3 Å². The zero-order valence-electron chi connectivity index (χ0n) is 13.1. The first-order valence-corrected chi connectivity index (χ1v) is 7.25. The predicted molar refractivity (Wildman–Crippen MR) is 86.6 cm³/mol. The Bertz CT molecular complexity index is 995. The normalized spacial score (nSPS) is 11.3. The number of nitrogens with one attached hydrogen (secondary N) is 1. The number of nitrogens with zero attached hydrogens (tertiary/aromatic N) is 6. The Labute approximate surface area is 132 Å². The van der Waals surface area contributed by atoms with Gasteiger partial charge in [-0.25, -0.2) is 4.98 Å². The van der Waals surface area contributed by atoms with Gasteiger partial charge in [-0.1, -0.05) is 0 Å². The van der Waals surface area contributed by atoms with Gasteiger partial charge in [0.1, 0.15) is 0 Å². The van der Waals surface area contributed by atoms with E-state index in [0.29, 0.717) is 5.65 Å². The van der Waals surface area contributed by atoms with Crippen LogP contribution < -0.4 is 0 Å². The third-order valence-electron chi connectivity index (χ3n) is 3.76. The van der Waals surface area contributed by atoms with Gasteiger partial charge in [0.25, 0.3) is 0 Å². The third kappa shape index (κ3) is 2.26.